The van der Waals surface area contributed by atoms with Gasteiger partial charge in [0.25, 0.3) is 31.6 Å². The minimum Gasteiger partial charge on any atom is -0.354 e. The molecule has 0 bridgehead atoms. The molecule has 0 saturated heterocycles. The largest absolute Gasteiger partial charge is 0.354 e. The Bertz CT molecular complexity index is 1720. The van der Waals surface area contributed by atoms with E-state index in [4.69, 9.17) is 0 Å². The second-order valence-corrected chi connectivity index (χ2v) is 11.4. The summed E-state index contributed by atoms with van der Waals surface area (Å²) < 4.78 is 65.9. The van der Waals surface area contributed by atoms with E-state index >= 15 is 0 Å². The minimum atomic E-state index is -4.74. The number of anilines is 4. The Labute approximate surface area is 233 Å². The topological polar surface area (TPSA) is 219 Å². The van der Waals surface area contributed by atoms with Crippen LogP contribution in [0.3, 0.4) is 0 Å². The number of nitro groups is 2. The molecule has 16 heteroatoms. The van der Waals surface area contributed by atoms with Gasteiger partial charge in [-0.1, -0.05) is 24.3 Å². The average molecular weight is 601 g/mol. The molecule has 0 atom stereocenters. The maximum Gasteiger partial charge on any atom is 0.296 e. The molecule has 0 aliphatic heterocycles. The van der Waals surface area contributed by atoms with Gasteiger partial charge in [-0.05, 0) is 53.9 Å². The fourth-order valence-electron chi connectivity index (χ4n) is 3.84. The van der Waals surface area contributed by atoms with Crippen molar-refractivity contribution in [2.45, 2.75) is 16.2 Å². The molecule has 0 amide bonds. The number of nitro benzene ring substituents is 2. The molecular formula is C25H20N4O10S2. The Kier molecular flexibility index (Phi) is 8.02. The van der Waals surface area contributed by atoms with Crippen molar-refractivity contribution >= 4 is 54.4 Å². The van der Waals surface area contributed by atoms with Crippen LogP contribution in [0.2, 0.25) is 0 Å². The van der Waals surface area contributed by atoms with Gasteiger partial charge < -0.3 is 10.6 Å². The Balaban J connectivity index is 1.47. The summed E-state index contributed by atoms with van der Waals surface area (Å²) in [5.74, 6) is 0. The fraction of sp³-hybridized carbons (Fsp3) is 0.0400. The van der Waals surface area contributed by atoms with Crippen molar-refractivity contribution in [3.63, 3.8) is 0 Å². The third kappa shape index (κ3) is 7.20. The van der Waals surface area contributed by atoms with Crippen LogP contribution in [0.5, 0.6) is 0 Å². The third-order valence-corrected chi connectivity index (χ3v) is 7.57. The number of nitrogens with one attached hydrogen (secondary N) is 2. The first-order valence-corrected chi connectivity index (χ1v) is 14.3. The van der Waals surface area contributed by atoms with Crippen molar-refractivity contribution < 1.29 is 35.8 Å². The standard InChI is InChI=1S/C25H20N4O10S2/c30-28(31)20-9-11-22(24(14-20)40(34,35)36)26-18-5-1-16(2-6-18)13-17-3-7-19(8-4-17)27-23-12-10-21(29(32)33)15-25(23)41(37,38)39/h1-12,14-15,26-27H,13H2,(H,34,35,36)(H,37,38,39). The smallest absolute Gasteiger partial charge is 0.296 e. The fourth-order valence-corrected chi connectivity index (χ4v) is 5.17. The first-order valence-electron chi connectivity index (χ1n) is 11.4. The van der Waals surface area contributed by atoms with Crippen LogP contribution in [0.15, 0.2) is 94.7 Å². The summed E-state index contributed by atoms with van der Waals surface area (Å²) >= 11 is 0. The Morgan fingerprint density at radius 2 is 0.927 bits per heavy atom. The molecule has 0 heterocycles. The van der Waals surface area contributed by atoms with Gasteiger partial charge in [0.05, 0.1) is 21.2 Å². The van der Waals surface area contributed by atoms with E-state index in [1.807, 2.05) is 0 Å². The Morgan fingerprint density at radius 3 is 1.22 bits per heavy atom. The maximum absolute atomic E-state index is 11.7. The summed E-state index contributed by atoms with van der Waals surface area (Å²) in [5, 5.41) is 27.6. The van der Waals surface area contributed by atoms with Crippen LogP contribution in [0.4, 0.5) is 34.1 Å². The zero-order valence-corrected chi connectivity index (χ0v) is 22.3. The molecular weight excluding hydrogens is 580 g/mol. The Hall–Kier alpha value is -4.90. The van der Waals surface area contributed by atoms with Crippen molar-refractivity contribution in [1.82, 2.24) is 0 Å². The zero-order chi connectivity index (χ0) is 29.9. The molecule has 0 aromatic heterocycles. The molecule has 0 radical (unpaired) electrons. The summed E-state index contributed by atoms with van der Waals surface area (Å²) in [7, 11) is -9.48. The van der Waals surface area contributed by atoms with Gasteiger partial charge in [0.2, 0.25) is 0 Å². The highest BCUT2D eigenvalue weighted by atomic mass is 32.2. The van der Waals surface area contributed by atoms with E-state index in [1.54, 1.807) is 48.5 Å². The van der Waals surface area contributed by atoms with Crippen LogP contribution in [0.1, 0.15) is 11.1 Å². The molecule has 4 rings (SSSR count). The normalized spacial score (nSPS) is 11.6. The number of nitrogens with zero attached hydrogens (tertiary/aromatic N) is 2. The average Bonchev–Trinajstić information content (AvgIpc) is 2.90. The molecule has 4 aromatic carbocycles. The Morgan fingerprint density at radius 1 is 0.585 bits per heavy atom. The maximum atomic E-state index is 11.7. The predicted molar refractivity (Wildman–Crippen MR) is 148 cm³/mol. The predicted octanol–water partition coefficient (Wildman–Crippen LogP) is 5.07. The van der Waals surface area contributed by atoms with Gasteiger partial charge in [0.1, 0.15) is 9.79 Å². The van der Waals surface area contributed by atoms with Gasteiger partial charge >= 0.3 is 0 Å². The molecule has 0 saturated carbocycles. The van der Waals surface area contributed by atoms with Crippen LogP contribution in [-0.2, 0) is 26.7 Å². The molecule has 4 aromatic rings. The first-order chi connectivity index (χ1) is 19.2. The number of hydrogen-bond donors (Lipinski definition) is 4. The quantitative estimate of drug-likeness (QED) is 0.106. The lowest BCUT2D eigenvalue weighted by molar-refractivity contribution is -0.385. The summed E-state index contributed by atoms with van der Waals surface area (Å²) in [6, 6.07) is 19.8. The number of non-ortho nitro benzene ring substituents is 2. The van der Waals surface area contributed by atoms with E-state index in [0.29, 0.717) is 17.8 Å². The third-order valence-electron chi connectivity index (χ3n) is 5.78. The summed E-state index contributed by atoms with van der Waals surface area (Å²) in [5.41, 5.74) is 1.60. The van der Waals surface area contributed by atoms with Crippen molar-refractivity contribution in [2.24, 2.45) is 0 Å². The second kappa shape index (κ2) is 11.3. The lowest BCUT2D eigenvalue weighted by atomic mass is 10.0. The first kappa shape index (κ1) is 29.1. The zero-order valence-electron chi connectivity index (χ0n) is 20.7. The van der Waals surface area contributed by atoms with Gasteiger partial charge in [-0.2, -0.15) is 16.8 Å². The van der Waals surface area contributed by atoms with Gasteiger partial charge in [-0.3, -0.25) is 29.3 Å². The number of hydrogen-bond acceptors (Lipinski definition) is 10. The van der Waals surface area contributed by atoms with Gasteiger partial charge in [0.15, 0.2) is 0 Å². The monoisotopic (exact) mass is 600 g/mol. The molecule has 0 fully saturated rings. The SMILES string of the molecule is O=[N+]([O-])c1ccc(Nc2ccc(Cc3ccc(Nc4ccc([N+](=O)[O-])cc4S(=O)(=O)O)cc3)cc2)c(S(=O)(=O)O)c1. The highest BCUT2D eigenvalue weighted by Crippen LogP contribution is 2.31. The van der Waals surface area contributed by atoms with Crippen LogP contribution in [0.25, 0.3) is 0 Å². The number of benzene rings is 4. The van der Waals surface area contributed by atoms with Crippen LogP contribution >= 0.6 is 0 Å². The molecule has 14 nitrogen and oxygen atoms in total. The highest BCUT2D eigenvalue weighted by Gasteiger charge is 2.21. The van der Waals surface area contributed by atoms with Crippen molar-refractivity contribution in [2.75, 3.05) is 10.6 Å². The molecule has 0 aliphatic rings. The van der Waals surface area contributed by atoms with Crippen molar-refractivity contribution in [1.29, 1.82) is 0 Å². The molecule has 0 unspecified atom stereocenters. The molecule has 0 spiro atoms. The molecule has 41 heavy (non-hydrogen) atoms. The van der Waals surface area contributed by atoms with Gasteiger partial charge in [0, 0.05) is 35.6 Å². The lowest BCUT2D eigenvalue weighted by Crippen LogP contribution is -2.04. The molecule has 4 N–H and O–H groups in total. The minimum absolute atomic E-state index is 0.0425. The van der Waals surface area contributed by atoms with Crippen molar-refractivity contribution in [3.05, 3.63) is 116 Å². The number of rotatable bonds is 10. The van der Waals surface area contributed by atoms with Crippen LogP contribution < -0.4 is 10.6 Å². The highest BCUT2D eigenvalue weighted by molar-refractivity contribution is 7.86. The second-order valence-electron chi connectivity index (χ2n) is 8.65. The molecule has 212 valence electrons. The molecule has 0 aliphatic carbocycles. The van der Waals surface area contributed by atoms with E-state index in [2.05, 4.69) is 10.6 Å². The van der Waals surface area contributed by atoms with E-state index < -0.39 is 51.2 Å². The van der Waals surface area contributed by atoms with Gasteiger partial charge in [-0.25, -0.2) is 0 Å². The summed E-state index contributed by atoms with van der Waals surface area (Å²) in [6.45, 7) is 0. The lowest BCUT2D eigenvalue weighted by Gasteiger charge is -2.12. The van der Waals surface area contributed by atoms with E-state index in [9.17, 15) is 46.2 Å². The van der Waals surface area contributed by atoms with Crippen LogP contribution in [-0.4, -0.2) is 35.8 Å². The summed E-state index contributed by atoms with van der Waals surface area (Å²) in [6.07, 6.45) is 0.488. The van der Waals surface area contributed by atoms with E-state index in [1.165, 1.54) is 12.1 Å². The van der Waals surface area contributed by atoms with E-state index in [-0.39, 0.29) is 11.4 Å². The van der Waals surface area contributed by atoms with Crippen LogP contribution in [0, 0.1) is 20.2 Å². The van der Waals surface area contributed by atoms with Crippen molar-refractivity contribution in [3.8, 4) is 0 Å². The summed E-state index contributed by atoms with van der Waals surface area (Å²) in [4.78, 5) is 19.1. The van der Waals surface area contributed by atoms with Gasteiger partial charge in [-0.15, -0.1) is 0 Å². The van der Waals surface area contributed by atoms with E-state index in [0.717, 1.165) is 35.4 Å².